The van der Waals surface area contributed by atoms with Crippen molar-refractivity contribution in [2.45, 2.75) is 26.8 Å². The van der Waals surface area contributed by atoms with Crippen molar-refractivity contribution in [1.82, 2.24) is 14.9 Å². The van der Waals surface area contributed by atoms with Gasteiger partial charge in [0.1, 0.15) is 10.7 Å². The number of thiazole rings is 1. The molecule has 0 fully saturated rings. The lowest BCUT2D eigenvalue weighted by Crippen LogP contribution is -2.34. The number of nitriles is 1. The van der Waals surface area contributed by atoms with Gasteiger partial charge in [0, 0.05) is 6.20 Å². The van der Waals surface area contributed by atoms with Gasteiger partial charge in [-0.3, -0.25) is 19.1 Å². The van der Waals surface area contributed by atoms with Crippen LogP contribution in [0.2, 0.25) is 0 Å². The first-order chi connectivity index (χ1) is 16.9. The lowest BCUT2D eigenvalue weighted by atomic mass is 10.1. The van der Waals surface area contributed by atoms with Crippen molar-refractivity contribution in [1.29, 1.82) is 5.26 Å². The van der Waals surface area contributed by atoms with Crippen molar-refractivity contribution in [2.24, 2.45) is 0 Å². The predicted octanol–water partition coefficient (Wildman–Crippen LogP) is 3.29. The Morgan fingerprint density at radius 3 is 2.40 bits per heavy atom. The molecule has 4 aromatic rings. The second kappa shape index (κ2) is 10.3. The van der Waals surface area contributed by atoms with Gasteiger partial charge < -0.3 is 5.32 Å². The summed E-state index contributed by atoms with van der Waals surface area (Å²) in [6.07, 6.45) is 3.32. The minimum absolute atomic E-state index is 0.116. The summed E-state index contributed by atoms with van der Waals surface area (Å²) in [6.45, 7) is 5.74. The zero-order valence-electron chi connectivity index (χ0n) is 19.6. The van der Waals surface area contributed by atoms with Gasteiger partial charge in [-0.2, -0.15) is 5.26 Å². The van der Waals surface area contributed by atoms with Crippen LogP contribution in [0.5, 0.6) is 0 Å². The lowest BCUT2D eigenvalue weighted by Gasteiger charge is -2.14. The van der Waals surface area contributed by atoms with E-state index in [2.05, 4.69) is 10.3 Å². The fourth-order valence-electron chi connectivity index (χ4n) is 3.85. The second-order valence-electron chi connectivity index (χ2n) is 8.25. The Morgan fingerprint density at radius 2 is 1.77 bits per heavy atom. The van der Waals surface area contributed by atoms with E-state index in [-0.39, 0.29) is 21.8 Å². The highest BCUT2D eigenvalue weighted by atomic mass is 32.1. The molecule has 7 heteroatoms. The minimum atomic E-state index is -0.535. The Kier molecular flexibility index (Phi) is 7.04. The van der Waals surface area contributed by atoms with Gasteiger partial charge in [-0.1, -0.05) is 42.5 Å². The molecule has 0 aliphatic carbocycles. The number of amides is 1. The number of carbonyl (C=O) groups excluding carboxylic acids is 1. The van der Waals surface area contributed by atoms with Gasteiger partial charge in [0.15, 0.2) is 5.57 Å². The van der Waals surface area contributed by atoms with Crippen molar-refractivity contribution in [3.8, 4) is 11.8 Å². The number of hydrogen-bond donors (Lipinski definition) is 1. The highest BCUT2D eigenvalue weighted by Gasteiger charge is 2.19. The van der Waals surface area contributed by atoms with Crippen LogP contribution < -0.4 is 20.1 Å². The zero-order valence-corrected chi connectivity index (χ0v) is 20.5. The van der Waals surface area contributed by atoms with Gasteiger partial charge in [0.2, 0.25) is 0 Å². The van der Waals surface area contributed by atoms with Crippen LogP contribution >= 0.6 is 11.3 Å². The maximum atomic E-state index is 13.6. The molecule has 0 spiro atoms. The number of hydrogen-bond acceptors (Lipinski definition) is 5. The van der Waals surface area contributed by atoms with Crippen molar-refractivity contribution in [3.63, 3.8) is 0 Å². The van der Waals surface area contributed by atoms with Crippen molar-refractivity contribution < 1.29 is 4.79 Å². The second-order valence-corrected chi connectivity index (χ2v) is 9.28. The summed E-state index contributed by atoms with van der Waals surface area (Å²) in [5.74, 6) is -0.535. The molecule has 2 heterocycles. The topological polar surface area (TPSA) is 87.8 Å². The Hall–Kier alpha value is -4.28. The maximum absolute atomic E-state index is 13.6. The van der Waals surface area contributed by atoms with E-state index in [4.69, 9.17) is 0 Å². The summed E-state index contributed by atoms with van der Waals surface area (Å²) in [5, 5.41) is 12.9. The summed E-state index contributed by atoms with van der Waals surface area (Å²) in [6, 6.07) is 22.4. The van der Waals surface area contributed by atoms with Crippen molar-refractivity contribution in [2.75, 3.05) is 0 Å². The van der Waals surface area contributed by atoms with E-state index in [1.807, 2.05) is 81.4 Å². The molecule has 0 saturated carbocycles. The maximum Gasteiger partial charge on any atom is 0.273 e. The molecular weight excluding hydrogens is 456 g/mol. The number of pyridine rings is 1. The molecule has 174 valence electrons. The van der Waals surface area contributed by atoms with Gasteiger partial charge in [-0.05, 0) is 67.8 Å². The van der Waals surface area contributed by atoms with Crippen molar-refractivity contribution in [3.05, 3.63) is 115 Å². The number of nitrogens with one attached hydrogen (secondary N) is 1. The van der Waals surface area contributed by atoms with Crippen LogP contribution in [0.1, 0.15) is 35.3 Å². The standard InChI is InChI=1S/C28H24N4O2S/c1-18-13-19(2)15-23(14-18)32-27(34)25(16-22-11-7-8-12-30-22)35-28(32)24(17-29)26(33)31-20(3)21-9-5-4-6-10-21/h4-16,20H,1-3H3,(H,31,33)/b25-16-,28-24-. The molecule has 1 atom stereocenters. The van der Waals surface area contributed by atoms with Crippen LogP contribution in [-0.4, -0.2) is 15.5 Å². The molecule has 2 aromatic heterocycles. The summed E-state index contributed by atoms with van der Waals surface area (Å²) in [4.78, 5) is 31.1. The quantitative estimate of drug-likeness (QED) is 0.475. The third kappa shape index (κ3) is 5.29. The molecule has 35 heavy (non-hydrogen) atoms. The Morgan fingerprint density at radius 1 is 1.09 bits per heavy atom. The van der Waals surface area contributed by atoms with Gasteiger partial charge in [-0.25, -0.2) is 0 Å². The van der Waals surface area contributed by atoms with Gasteiger partial charge in [0.25, 0.3) is 11.5 Å². The van der Waals surface area contributed by atoms with Crippen LogP contribution in [-0.2, 0) is 4.79 Å². The number of nitrogens with zero attached hydrogens (tertiary/aromatic N) is 3. The molecule has 1 unspecified atom stereocenters. The Bertz CT molecular complexity index is 1580. The van der Waals surface area contributed by atoms with E-state index in [0.717, 1.165) is 28.0 Å². The third-order valence-electron chi connectivity index (χ3n) is 5.45. The predicted molar refractivity (Wildman–Crippen MR) is 138 cm³/mol. The molecule has 0 radical (unpaired) electrons. The first-order valence-corrected chi connectivity index (χ1v) is 11.9. The Balaban J connectivity index is 1.94. The molecule has 4 rings (SSSR count). The highest BCUT2D eigenvalue weighted by Crippen LogP contribution is 2.13. The first kappa shape index (κ1) is 23.9. The number of rotatable bonds is 5. The van der Waals surface area contributed by atoms with Crippen molar-refractivity contribution >= 4 is 28.9 Å². The summed E-state index contributed by atoms with van der Waals surface area (Å²) < 4.78 is 2.11. The van der Waals surface area contributed by atoms with Gasteiger partial charge >= 0.3 is 0 Å². The Labute approximate surface area is 207 Å². The molecule has 6 nitrogen and oxygen atoms in total. The summed E-state index contributed by atoms with van der Waals surface area (Å²) in [5.41, 5.74) is 3.66. The zero-order chi connectivity index (χ0) is 24.9. The van der Waals surface area contributed by atoms with Crippen LogP contribution in [0.15, 0.2) is 77.7 Å². The SMILES string of the molecule is Cc1cc(C)cc(-n2c(=O)/c(=C/c3ccccn3)s/c2=C(/C#N)C(=O)NC(C)c2ccccc2)c1. The average Bonchev–Trinajstić information content (AvgIpc) is 3.15. The van der Waals surface area contributed by atoms with E-state index in [1.165, 1.54) is 4.57 Å². The van der Waals surface area contributed by atoms with Gasteiger partial charge in [-0.15, -0.1) is 11.3 Å². The molecule has 0 bridgehead atoms. The summed E-state index contributed by atoms with van der Waals surface area (Å²) >= 11 is 1.11. The van der Waals surface area contributed by atoms with Gasteiger partial charge in [0.05, 0.1) is 22.0 Å². The van der Waals surface area contributed by atoms with E-state index in [1.54, 1.807) is 24.4 Å². The minimum Gasteiger partial charge on any atom is -0.345 e. The number of aromatic nitrogens is 2. The molecule has 1 amide bonds. The summed E-state index contributed by atoms with van der Waals surface area (Å²) in [7, 11) is 0. The normalized spacial score (nSPS) is 13.1. The van der Waals surface area contributed by atoms with Crippen LogP contribution in [0.3, 0.4) is 0 Å². The van der Waals surface area contributed by atoms with Crippen LogP contribution in [0, 0.1) is 25.2 Å². The number of carbonyl (C=O) groups is 1. The van der Waals surface area contributed by atoms with E-state index < -0.39 is 5.91 Å². The van der Waals surface area contributed by atoms with Crippen LogP contribution in [0.25, 0.3) is 17.3 Å². The number of aryl methyl sites for hydroxylation is 2. The first-order valence-electron chi connectivity index (χ1n) is 11.1. The van der Waals surface area contributed by atoms with E-state index in [9.17, 15) is 14.9 Å². The molecule has 0 aliphatic rings. The molecule has 0 aliphatic heterocycles. The third-order valence-corrected chi connectivity index (χ3v) is 6.55. The fourth-order valence-corrected chi connectivity index (χ4v) is 4.94. The monoisotopic (exact) mass is 480 g/mol. The largest absolute Gasteiger partial charge is 0.345 e. The smallest absolute Gasteiger partial charge is 0.273 e. The fraction of sp³-hybridized carbons (Fsp3) is 0.143. The van der Waals surface area contributed by atoms with E-state index >= 15 is 0 Å². The van der Waals surface area contributed by atoms with Crippen LogP contribution in [0.4, 0.5) is 0 Å². The molecule has 2 aromatic carbocycles. The molecule has 1 N–H and O–H groups in total. The molecular formula is C28H24N4O2S. The molecule has 0 saturated heterocycles. The highest BCUT2D eigenvalue weighted by molar-refractivity contribution is 7.07. The lowest BCUT2D eigenvalue weighted by molar-refractivity contribution is -0.116. The number of benzene rings is 2. The van der Waals surface area contributed by atoms with E-state index in [0.29, 0.717) is 15.9 Å². The average molecular weight is 481 g/mol.